The molecule has 1 aliphatic rings. The zero-order chi connectivity index (χ0) is 17.6. The highest BCUT2D eigenvalue weighted by atomic mass is 16.1. The van der Waals surface area contributed by atoms with Gasteiger partial charge in [-0.2, -0.15) is 5.26 Å². The molecule has 0 radical (unpaired) electrons. The van der Waals surface area contributed by atoms with Crippen molar-refractivity contribution in [3.63, 3.8) is 0 Å². The molecule has 0 saturated carbocycles. The Bertz CT molecular complexity index is 758. The van der Waals surface area contributed by atoms with Crippen LogP contribution in [0.2, 0.25) is 0 Å². The monoisotopic (exact) mass is 336 g/mol. The van der Waals surface area contributed by atoms with Gasteiger partial charge in [0.05, 0.1) is 17.2 Å². The molecule has 1 fully saturated rings. The van der Waals surface area contributed by atoms with Crippen LogP contribution in [0.25, 0.3) is 0 Å². The van der Waals surface area contributed by atoms with E-state index in [4.69, 9.17) is 5.26 Å². The highest BCUT2D eigenvalue weighted by Crippen LogP contribution is 2.13. The van der Waals surface area contributed by atoms with Crippen molar-refractivity contribution < 1.29 is 4.79 Å². The Morgan fingerprint density at radius 2 is 1.80 bits per heavy atom. The van der Waals surface area contributed by atoms with E-state index < -0.39 is 0 Å². The number of hydrogen-bond acceptors (Lipinski definition) is 6. The van der Waals surface area contributed by atoms with E-state index in [1.165, 1.54) is 0 Å². The molecule has 1 saturated heterocycles. The lowest BCUT2D eigenvalue weighted by Crippen LogP contribution is -2.46. The van der Waals surface area contributed by atoms with Crippen molar-refractivity contribution in [3.8, 4) is 6.07 Å². The van der Waals surface area contributed by atoms with Crippen LogP contribution in [0.1, 0.15) is 22.8 Å². The second-order valence-corrected chi connectivity index (χ2v) is 5.84. The molecule has 1 aromatic heterocycles. The van der Waals surface area contributed by atoms with Crippen LogP contribution >= 0.6 is 0 Å². The second-order valence-electron chi connectivity index (χ2n) is 5.84. The molecule has 3 rings (SSSR count). The predicted octanol–water partition coefficient (Wildman–Crippen LogP) is 1.74. The minimum Gasteiger partial charge on any atom is -0.338 e. The van der Waals surface area contributed by atoms with Crippen molar-refractivity contribution in [3.05, 3.63) is 47.8 Å². The molecule has 0 atom stereocenters. The highest BCUT2D eigenvalue weighted by molar-refractivity contribution is 6.03. The number of aromatic nitrogens is 2. The Kier molecular flexibility index (Phi) is 5.21. The summed E-state index contributed by atoms with van der Waals surface area (Å²) in [5, 5.41) is 11.6. The number of nitrogens with zero attached hydrogens (tertiary/aromatic N) is 5. The summed E-state index contributed by atoms with van der Waals surface area (Å²) in [6, 6.07) is 8.75. The van der Waals surface area contributed by atoms with E-state index in [2.05, 4.69) is 32.0 Å². The summed E-state index contributed by atoms with van der Waals surface area (Å²) in [5.41, 5.74) is 1.58. The van der Waals surface area contributed by atoms with Gasteiger partial charge in [-0.3, -0.25) is 4.79 Å². The average molecular weight is 336 g/mol. The van der Waals surface area contributed by atoms with Gasteiger partial charge in [-0.15, -0.1) is 0 Å². The van der Waals surface area contributed by atoms with Crippen molar-refractivity contribution in [2.45, 2.75) is 6.92 Å². The molecule has 1 N–H and O–H groups in total. The molecule has 2 aromatic rings. The summed E-state index contributed by atoms with van der Waals surface area (Å²) in [5.74, 6) is 0.387. The van der Waals surface area contributed by atoms with Gasteiger partial charge in [-0.05, 0) is 30.8 Å². The summed E-state index contributed by atoms with van der Waals surface area (Å²) in [6.45, 7) is 7.01. The van der Waals surface area contributed by atoms with Gasteiger partial charge >= 0.3 is 0 Å². The van der Waals surface area contributed by atoms with Crippen LogP contribution in [-0.4, -0.2) is 53.5 Å². The summed E-state index contributed by atoms with van der Waals surface area (Å²) < 4.78 is 0. The third-order valence-corrected chi connectivity index (χ3v) is 4.27. The molecule has 1 aromatic carbocycles. The molecule has 1 aliphatic heterocycles. The first-order valence-corrected chi connectivity index (χ1v) is 8.30. The Balaban J connectivity index is 1.61. The number of carbonyl (C=O) groups is 1. The zero-order valence-electron chi connectivity index (χ0n) is 14.1. The Morgan fingerprint density at radius 3 is 2.36 bits per heavy atom. The van der Waals surface area contributed by atoms with Crippen LogP contribution in [0, 0.1) is 11.3 Å². The lowest BCUT2D eigenvalue weighted by atomic mass is 10.2. The maximum absolute atomic E-state index is 12.3. The molecule has 128 valence electrons. The van der Waals surface area contributed by atoms with E-state index in [-0.39, 0.29) is 5.91 Å². The number of nitriles is 1. The Labute approximate surface area is 146 Å². The molecule has 7 nitrogen and oxygen atoms in total. The fraction of sp³-hybridized carbons (Fsp3) is 0.333. The van der Waals surface area contributed by atoms with E-state index in [0.717, 1.165) is 32.7 Å². The molecule has 0 aliphatic carbocycles. The number of amides is 1. The van der Waals surface area contributed by atoms with Gasteiger partial charge in [-0.25, -0.2) is 9.97 Å². The fourth-order valence-corrected chi connectivity index (χ4v) is 2.70. The van der Waals surface area contributed by atoms with Crippen molar-refractivity contribution in [2.24, 2.45) is 0 Å². The highest BCUT2D eigenvalue weighted by Gasteiger charge is 2.18. The van der Waals surface area contributed by atoms with Gasteiger partial charge < -0.3 is 15.1 Å². The Morgan fingerprint density at radius 1 is 1.16 bits per heavy atom. The second kappa shape index (κ2) is 7.73. The molecule has 25 heavy (non-hydrogen) atoms. The molecular weight excluding hydrogens is 316 g/mol. The first kappa shape index (κ1) is 16.9. The predicted molar refractivity (Wildman–Crippen MR) is 95.5 cm³/mol. The van der Waals surface area contributed by atoms with Gasteiger partial charge in [0.15, 0.2) is 0 Å². The topological polar surface area (TPSA) is 85.1 Å². The third kappa shape index (κ3) is 4.11. The van der Waals surface area contributed by atoms with Crippen LogP contribution in [0.15, 0.2) is 36.7 Å². The van der Waals surface area contributed by atoms with Crippen molar-refractivity contribution >= 4 is 17.5 Å². The average Bonchev–Trinajstić information content (AvgIpc) is 2.69. The summed E-state index contributed by atoms with van der Waals surface area (Å²) in [6.07, 6.45) is 3.10. The number of carbonyl (C=O) groups excluding carboxylic acids is 1. The molecule has 0 bridgehead atoms. The Hall–Kier alpha value is -2.98. The maximum Gasteiger partial charge on any atom is 0.258 e. The van der Waals surface area contributed by atoms with Crippen LogP contribution < -0.4 is 10.2 Å². The van der Waals surface area contributed by atoms with Gasteiger partial charge in [0.25, 0.3) is 5.91 Å². The normalized spacial score (nSPS) is 14.8. The fourth-order valence-electron chi connectivity index (χ4n) is 2.70. The lowest BCUT2D eigenvalue weighted by Gasteiger charge is -2.33. The number of hydrogen-bond donors (Lipinski definition) is 1. The minimum absolute atomic E-state index is 0.271. The molecular formula is C18H20N6O. The standard InChI is InChI=1S/C18H20N6O/c1-2-23-7-9-24(10-8-23)18-20-12-15(13-21-18)17(25)22-16-5-3-14(11-19)4-6-16/h3-6,12-13H,2,7-10H2,1H3,(H,22,25). The van der Waals surface area contributed by atoms with E-state index in [1.54, 1.807) is 36.7 Å². The number of benzene rings is 1. The van der Waals surface area contributed by atoms with Crippen LogP contribution in [-0.2, 0) is 0 Å². The largest absolute Gasteiger partial charge is 0.338 e. The third-order valence-electron chi connectivity index (χ3n) is 4.27. The minimum atomic E-state index is -0.271. The lowest BCUT2D eigenvalue weighted by molar-refractivity contribution is 0.102. The van der Waals surface area contributed by atoms with Crippen LogP contribution in [0.3, 0.4) is 0 Å². The summed E-state index contributed by atoms with van der Waals surface area (Å²) >= 11 is 0. The number of anilines is 2. The van der Waals surface area contributed by atoms with Gasteiger partial charge in [0.1, 0.15) is 0 Å². The number of likely N-dealkylation sites (N-methyl/N-ethyl adjacent to an activating group) is 1. The van der Waals surface area contributed by atoms with E-state index >= 15 is 0 Å². The zero-order valence-corrected chi connectivity index (χ0v) is 14.1. The van der Waals surface area contributed by atoms with Gasteiger partial charge in [0.2, 0.25) is 5.95 Å². The number of rotatable bonds is 4. The van der Waals surface area contributed by atoms with E-state index in [0.29, 0.717) is 22.8 Å². The van der Waals surface area contributed by atoms with Crippen LogP contribution in [0.5, 0.6) is 0 Å². The van der Waals surface area contributed by atoms with Crippen molar-refractivity contribution in [1.29, 1.82) is 5.26 Å². The smallest absolute Gasteiger partial charge is 0.258 e. The van der Waals surface area contributed by atoms with Crippen LogP contribution in [0.4, 0.5) is 11.6 Å². The van der Waals surface area contributed by atoms with Gasteiger partial charge in [0, 0.05) is 44.3 Å². The molecule has 2 heterocycles. The first-order valence-electron chi connectivity index (χ1n) is 8.30. The van der Waals surface area contributed by atoms with Crippen molar-refractivity contribution in [1.82, 2.24) is 14.9 Å². The molecule has 1 amide bonds. The maximum atomic E-state index is 12.3. The molecule has 7 heteroatoms. The van der Waals surface area contributed by atoms with E-state index in [9.17, 15) is 4.79 Å². The van der Waals surface area contributed by atoms with Crippen molar-refractivity contribution in [2.75, 3.05) is 42.9 Å². The SMILES string of the molecule is CCN1CCN(c2ncc(C(=O)Nc3ccc(C#N)cc3)cn2)CC1. The molecule has 0 spiro atoms. The molecule has 0 unspecified atom stereocenters. The number of nitrogens with one attached hydrogen (secondary N) is 1. The number of piperazine rings is 1. The summed E-state index contributed by atoms with van der Waals surface area (Å²) in [7, 11) is 0. The quantitative estimate of drug-likeness (QED) is 0.915. The van der Waals surface area contributed by atoms with E-state index in [1.807, 2.05) is 6.07 Å². The van der Waals surface area contributed by atoms with Gasteiger partial charge in [-0.1, -0.05) is 6.92 Å². The summed E-state index contributed by atoms with van der Waals surface area (Å²) in [4.78, 5) is 25.5. The first-order chi connectivity index (χ1) is 12.2.